The summed E-state index contributed by atoms with van der Waals surface area (Å²) >= 11 is 0. The van der Waals surface area contributed by atoms with E-state index in [0.717, 1.165) is 31.6 Å². The lowest BCUT2D eigenvalue weighted by molar-refractivity contribution is 0.0189. The summed E-state index contributed by atoms with van der Waals surface area (Å²) in [6.07, 6.45) is 6.05. The van der Waals surface area contributed by atoms with Crippen molar-refractivity contribution in [2.45, 2.75) is 57.8 Å². The summed E-state index contributed by atoms with van der Waals surface area (Å²) in [4.78, 5) is 4.98. The van der Waals surface area contributed by atoms with E-state index in [4.69, 9.17) is 4.74 Å². The van der Waals surface area contributed by atoms with Gasteiger partial charge in [-0.25, -0.2) is 0 Å². The van der Waals surface area contributed by atoms with Gasteiger partial charge in [0.25, 0.3) is 0 Å². The molecule has 4 nitrogen and oxygen atoms in total. The molecule has 1 N–H and O–H groups in total. The van der Waals surface area contributed by atoms with E-state index in [1.807, 2.05) is 0 Å². The van der Waals surface area contributed by atoms with Gasteiger partial charge in [-0.3, -0.25) is 4.90 Å². The van der Waals surface area contributed by atoms with E-state index in [9.17, 15) is 0 Å². The number of nitrogens with one attached hydrogen (secondary N) is 1. The van der Waals surface area contributed by atoms with Crippen LogP contribution in [0.3, 0.4) is 0 Å². The minimum absolute atomic E-state index is 0.434. The van der Waals surface area contributed by atoms with Gasteiger partial charge in [-0.05, 0) is 58.8 Å². The van der Waals surface area contributed by atoms with Crippen molar-refractivity contribution < 1.29 is 4.74 Å². The third kappa shape index (κ3) is 5.85. The molecule has 0 aromatic heterocycles. The molecular weight excluding hydrogens is 262 g/mol. The normalized spacial score (nSPS) is 30.9. The molecule has 21 heavy (non-hydrogen) atoms. The zero-order valence-corrected chi connectivity index (χ0v) is 14.5. The van der Waals surface area contributed by atoms with Crippen LogP contribution < -0.4 is 5.32 Å². The molecule has 2 fully saturated rings. The highest BCUT2D eigenvalue weighted by Gasteiger charge is 2.31. The van der Waals surface area contributed by atoms with Crippen LogP contribution in [0.25, 0.3) is 0 Å². The summed E-state index contributed by atoms with van der Waals surface area (Å²) in [6.45, 7) is 10.2. The molecule has 4 heteroatoms. The van der Waals surface area contributed by atoms with Crippen molar-refractivity contribution in [1.82, 2.24) is 15.1 Å². The fraction of sp³-hybridized carbons (Fsp3) is 1.00. The number of rotatable bonds is 8. The molecule has 0 amide bonds. The Kier molecular flexibility index (Phi) is 6.93. The molecule has 0 saturated carbocycles. The highest BCUT2D eigenvalue weighted by molar-refractivity contribution is 4.85. The molecule has 0 aliphatic carbocycles. The Morgan fingerprint density at radius 3 is 2.67 bits per heavy atom. The Hall–Kier alpha value is -0.160. The third-order valence-corrected chi connectivity index (χ3v) is 4.63. The summed E-state index contributed by atoms with van der Waals surface area (Å²) in [5.74, 6) is 0.721. The van der Waals surface area contributed by atoms with Gasteiger partial charge in [0.1, 0.15) is 0 Å². The maximum absolute atomic E-state index is 6.24. The van der Waals surface area contributed by atoms with Crippen LogP contribution in [0.5, 0.6) is 0 Å². The summed E-state index contributed by atoms with van der Waals surface area (Å²) in [5, 5.41) is 3.53. The summed E-state index contributed by atoms with van der Waals surface area (Å²) in [5.41, 5.74) is 0. The second-order valence-electron chi connectivity index (χ2n) is 7.56. The van der Waals surface area contributed by atoms with E-state index >= 15 is 0 Å². The molecule has 2 saturated heterocycles. The molecule has 124 valence electrons. The molecular formula is C17H35N3O. The van der Waals surface area contributed by atoms with Crippen molar-refractivity contribution in [3.63, 3.8) is 0 Å². The molecule has 0 spiro atoms. The van der Waals surface area contributed by atoms with Crippen molar-refractivity contribution in [2.75, 3.05) is 46.8 Å². The Labute approximate surface area is 131 Å². The fourth-order valence-corrected chi connectivity index (χ4v) is 3.62. The van der Waals surface area contributed by atoms with E-state index in [2.05, 4.69) is 43.1 Å². The molecule has 3 unspecified atom stereocenters. The first kappa shape index (κ1) is 17.2. The van der Waals surface area contributed by atoms with Gasteiger partial charge in [0.2, 0.25) is 0 Å². The molecule has 2 rings (SSSR count). The Bertz CT molecular complexity index is 296. The smallest absolute Gasteiger partial charge is 0.0707 e. The van der Waals surface area contributed by atoms with E-state index in [-0.39, 0.29) is 0 Å². The van der Waals surface area contributed by atoms with Crippen molar-refractivity contribution in [3.05, 3.63) is 0 Å². The minimum atomic E-state index is 0.434. The maximum Gasteiger partial charge on any atom is 0.0707 e. The number of ether oxygens (including phenoxy) is 1. The number of likely N-dealkylation sites (tertiary alicyclic amines) is 1. The average Bonchev–Trinajstić information content (AvgIpc) is 3.00. The molecule has 2 heterocycles. The van der Waals surface area contributed by atoms with Crippen LogP contribution in [-0.4, -0.2) is 74.9 Å². The molecule has 2 aliphatic rings. The van der Waals surface area contributed by atoms with Gasteiger partial charge in [-0.1, -0.05) is 13.8 Å². The van der Waals surface area contributed by atoms with Gasteiger partial charge in [-0.2, -0.15) is 0 Å². The topological polar surface area (TPSA) is 27.7 Å². The molecule has 2 aliphatic heterocycles. The van der Waals surface area contributed by atoms with Crippen molar-refractivity contribution in [3.8, 4) is 0 Å². The van der Waals surface area contributed by atoms with Crippen molar-refractivity contribution in [1.29, 1.82) is 0 Å². The molecule has 0 bridgehead atoms. The lowest BCUT2D eigenvalue weighted by Crippen LogP contribution is -2.41. The van der Waals surface area contributed by atoms with Crippen LogP contribution in [0.2, 0.25) is 0 Å². The number of hydrogen-bond donors (Lipinski definition) is 1. The first-order valence-corrected chi connectivity index (χ1v) is 8.79. The van der Waals surface area contributed by atoms with Gasteiger partial charge < -0.3 is 15.0 Å². The summed E-state index contributed by atoms with van der Waals surface area (Å²) in [7, 11) is 4.36. The van der Waals surface area contributed by atoms with Crippen LogP contribution in [0.4, 0.5) is 0 Å². The van der Waals surface area contributed by atoms with E-state index < -0.39 is 0 Å². The second kappa shape index (κ2) is 8.47. The van der Waals surface area contributed by atoms with E-state index in [1.165, 1.54) is 38.8 Å². The maximum atomic E-state index is 6.24. The molecule has 0 aromatic carbocycles. The second-order valence-corrected chi connectivity index (χ2v) is 7.56. The minimum Gasteiger partial charge on any atom is -0.372 e. The highest BCUT2D eigenvalue weighted by Crippen LogP contribution is 2.24. The van der Waals surface area contributed by atoms with Gasteiger partial charge in [0.05, 0.1) is 12.2 Å². The zero-order valence-electron chi connectivity index (χ0n) is 14.5. The Morgan fingerprint density at radius 2 is 1.95 bits per heavy atom. The number of likely N-dealkylation sites (N-methyl/N-ethyl adjacent to an activating group) is 1. The lowest BCUT2D eigenvalue weighted by atomic mass is 10.1. The van der Waals surface area contributed by atoms with Crippen LogP contribution in [0, 0.1) is 5.92 Å². The van der Waals surface area contributed by atoms with Crippen LogP contribution in [-0.2, 0) is 4.74 Å². The average molecular weight is 297 g/mol. The number of nitrogens with zero attached hydrogens (tertiary/aromatic N) is 2. The van der Waals surface area contributed by atoms with E-state index in [0.29, 0.717) is 12.2 Å². The predicted octanol–water partition coefficient (Wildman–Crippen LogP) is 1.81. The Morgan fingerprint density at radius 1 is 1.19 bits per heavy atom. The van der Waals surface area contributed by atoms with Crippen LogP contribution in [0.1, 0.15) is 39.5 Å². The van der Waals surface area contributed by atoms with Crippen LogP contribution >= 0.6 is 0 Å². The fourth-order valence-electron chi connectivity index (χ4n) is 3.62. The summed E-state index contributed by atoms with van der Waals surface area (Å²) < 4.78 is 6.24. The Balaban J connectivity index is 1.67. The first-order valence-electron chi connectivity index (χ1n) is 8.79. The monoisotopic (exact) mass is 297 g/mol. The highest BCUT2D eigenvalue weighted by atomic mass is 16.5. The predicted molar refractivity (Wildman–Crippen MR) is 88.8 cm³/mol. The molecule has 0 radical (unpaired) electrons. The van der Waals surface area contributed by atoms with Crippen molar-refractivity contribution >= 4 is 0 Å². The first-order chi connectivity index (χ1) is 10.0. The quantitative estimate of drug-likeness (QED) is 0.739. The standard InChI is InChI=1S/C17H35N3O/c1-14(2)10-18-11-16-7-8-17(21-16)13-20-9-5-6-15(20)12-19(3)4/h14-18H,5-13H2,1-4H3. The van der Waals surface area contributed by atoms with Gasteiger partial charge in [-0.15, -0.1) is 0 Å². The van der Waals surface area contributed by atoms with E-state index in [1.54, 1.807) is 0 Å². The van der Waals surface area contributed by atoms with Gasteiger partial charge in [0, 0.05) is 25.7 Å². The number of hydrogen-bond acceptors (Lipinski definition) is 4. The van der Waals surface area contributed by atoms with Crippen molar-refractivity contribution in [2.24, 2.45) is 5.92 Å². The molecule has 0 aromatic rings. The molecule has 3 atom stereocenters. The largest absolute Gasteiger partial charge is 0.372 e. The SMILES string of the molecule is CC(C)CNCC1CCC(CN2CCCC2CN(C)C)O1. The van der Waals surface area contributed by atoms with Gasteiger partial charge >= 0.3 is 0 Å². The van der Waals surface area contributed by atoms with Gasteiger partial charge in [0.15, 0.2) is 0 Å². The summed E-state index contributed by atoms with van der Waals surface area (Å²) in [6, 6.07) is 0.738. The van der Waals surface area contributed by atoms with Crippen LogP contribution in [0.15, 0.2) is 0 Å². The third-order valence-electron chi connectivity index (χ3n) is 4.63. The zero-order chi connectivity index (χ0) is 15.2. The lowest BCUT2D eigenvalue weighted by Gasteiger charge is -2.29.